The molecule has 4 aromatic rings. The molecule has 2 fully saturated rings. The van der Waals surface area contributed by atoms with Crippen molar-refractivity contribution < 1.29 is 14.3 Å². The number of ether oxygens (including phenoxy) is 1. The Morgan fingerprint density at radius 1 is 0.894 bits per heavy atom. The molecule has 3 heterocycles. The van der Waals surface area contributed by atoms with Crippen LogP contribution in [0.5, 0.6) is 5.75 Å². The predicted octanol–water partition coefficient (Wildman–Crippen LogP) is 8.39. The number of halogens is 4. The van der Waals surface area contributed by atoms with Gasteiger partial charge >= 0.3 is 0 Å². The Hall–Kier alpha value is -2.78. The van der Waals surface area contributed by atoms with Crippen LogP contribution >= 0.6 is 46.4 Å². The number of amides is 1. The van der Waals surface area contributed by atoms with E-state index in [0.717, 1.165) is 67.7 Å². The summed E-state index contributed by atoms with van der Waals surface area (Å²) in [6.07, 6.45) is 5.11. The third-order valence-corrected chi connectivity index (χ3v) is 10.5. The third kappa shape index (κ3) is 7.77. The lowest BCUT2D eigenvalue weighted by Gasteiger charge is -2.41. The topological polar surface area (TPSA) is 66.8 Å². The molecule has 47 heavy (non-hydrogen) atoms. The summed E-state index contributed by atoms with van der Waals surface area (Å²) < 4.78 is 8.37. The first kappa shape index (κ1) is 34.1. The van der Waals surface area contributed by atoms with Crippen LogP contribution in [0.2, 0.25) is 20.1 Å². The number of piperazine rings is 1. The van der Waals surface area contributed by atoms with Gasteiger partial charge in [0.25, 0.3) is 5.91 Å². The van der Waals surface area contributed by atoms with Crippen LogP contribution in [0.4, 0.5) is 0 Å². The molecule has 0 saturated carbocycles. The Bertz CT molecular complexity index is 1780. The number of rotatable bonds is 12. The first-order valence-electron chi connectivity index (χ1n) is 16.0. The van der Waals surface area contributed by atoms with Gasteiger partial charge in [0, 0.05) is 62.0 Å². The van der Waals surface area contributed by atoms with Crippen molar-refractivity contribution in [3.63, 3.8) is 0 Å². The zero-order valence-corrected chi connectivity index (χ0v) is 29.5. The van der Waals surface area contributed by atoms with Crippen LogP contribution in [0.25, 0.3) is 10.9 Å². The first-order valence-corrected chi connectivity index (χ1v) is 17.6. The summed E-state index contributed by atoms with van der Waals surface area (Å²) in [4.78, 5) is 31.4. The molecular formula is C36H38Cl4N4O3. The summed E-state index contributed by atoms with van der Waals surface area (Å²) in [6, 6.07) is 17.1. The van der Waals surface area contributed by atoms with E-state index >= 15 is 0 Å². The molecule has 1 amide bonds. The van der Waals surface area contributed by atoms with Gasteiger partial charge in [0.05, 0.1) is 43.8 Å². The second-order valence-corrected chi connectivity index (χ2v) is 14.3. The number of fused-ring (bicyclic) bond motifs is 3. The van der Waals surface area contributed by atoms with Crippen molar-refractivity contribution in [2.75, 3.05) is 26.2 Å². The van der Waals surface area contributed by atoms with Gasteiger partial charge in [0.1, 0.15) is 5.75 Å². The third-order valence-electron chi connectivity index (χ3n) is 9.04. The molecule has 2 atom stereocenters. The molecule has 2 aliphatic rings. The number of para-hydroxylation sites is 1. The van der Waals surface area contributed by atoms with E-state index in [1.165, 1.54) is 0 Å². The number of carbonyl (C=O) groups excluding carboxylic acids is 2. The number of hydrogen-bond donors (Lipinski definition) is 1. The molecule has 2 bridgehead atoms. The van der Waals surface area contributed by atoms with Crippen LogP contribution in [0.3, 0.4) is 0 Å². The fourth-order valence-electron chi connectivity index (χ4n) is 6.92. The highest BCUT2D eigenvalue weighted by Gasteiger charge is 2.39. The fraction of sp³-hybridized carbons (Fsp3) is 0.389. The van der Waals surface area contributed by atoms with Crippen LogP contribution in [0.1, 0.15) is 59.4 Å². The van der Waals surface area contributed by atoms with Crippen LogP contribution in [0, 0.1) is 0 Å². The van der Waals surface area contributed by atoms with Crippen LogP contribution < -0.4 is 10.1 Å². The zero-order chi connectivity index (χ0) is 33.2. The normalized spacial score (nSPS) is 18.3. The van der Waals surface area contributed by atoms with Crippen LogP contribution in [0.15, 0.2) is 60.8 Å². The van der Waals surface area contributed by atoms with E-state index in [0.29, 0.717) is 56.4 Å². The Morgan fingerprint density at radius 2 is 1.60 bits per heavy atom. The number of carbonyl (C=O) groups is 2. The summed E-state index contributed by atoms with van der Waals surface area (Å²) in [5, 5.41) is 5.69. The molecule has 0 aliphatic carbocycles. The van der Waals surface area contributed by atoms with E-state index in [4.69, 9.17) is 51.1 Å². The standard InChI is InChI=1S/C36H38Cl4N4O3/c1-22(2)47-34-6-3-5-27-28(36(46)41-17-23-7-11-29(37)31(39)15-23)20-43(35(27)34)13-4-14-44-25-9-10-26(44)19-42(18-25)21-33(45)24-8-12-30(38)32(40)16-24/h3,5-8,11-12,15-16,20,22,25-26H,4,9-10,13-14,17-19,21H2,1-2H3,(H,41,46). The van der Waals surface area contributed by atoms with E-state index < -0.39 is 0 Å². The summed E-state index contributed by atoms with van der Waals surface area (Å²) in [7, 11) is 0. The van der Waals surface area contributed by atoms with Crippen molar-refractivity contribution in [2.45, 2.75) is 64.4 Å². The summed E-state index contributed by atoms with van der Waals surface area (Å²) >= 11 is 24.4. The first-order chi connectivity index (χ1) is 22.6. The Labute approximate surface area is 295 Å². The predicted molar refractivity (Wildman–Crippen MR) is 191 cm³/mol. The molecule has 1 aromatic heterocycles. The molecule has 6 rings (SSSR count). The maximum absolute atomic E-state index is 13.5. The number of nitrogens with zero attached hydrogens (tertiary/aromatic N) is 3. The molecule has 1 N–H and O–H groups in total. The number of ketones is 1. The minimum atomic E-state index is -0.161. The lowest BCUT2D eigenvalue weighted by molar-refractivity contribution is 0.0588. The molecule has 11 heteroatoms. The smallest absolute Gasteiger partial charge is 0.253 e. The molecule has 7 nitrogen and oxygen atoms in total. The summed E-state index contributed by atoms with van der Waals surface area (Å²) in [5.74, 6) is 0.666. The lowest BCUT2D eigenvalue weighted by atomic mass is 10.1. The van der Waals surface area contributed by atoms with Crippen molar-refractivity contribution >= 4 is 69.0 Å². The van der Waals surface area contributed by atoms with Gasteiger partial charge in [0.15, 0.2) is 5.78 Å². The Morgan fingerprint density at radius 3 is 2.28 bits per heavy atom. The van der Waals surface area contributed by atoms with Gasteiger partial charge in [-0.2, -0.15) is 0 Å². The SMILES string of the molecule is CC(C)Oc1cccc2c(C(=O)NCc3ccc(Cl)c(Cl)c3)cn(CCCN3C4CCC3CN(CC(=O)c3ccc(Cl)c(Cl)c3)C4)c12. The van der Waals surface area contributed by atoms with Crippen LogP contribution in [-0.2, 0) is 13.1 Å². The van der Waals surface area contributed by atoms with Gasteiger partial charge in [0.2, 0.25) is 0 Å². The fourth-order valence-corrected chi connectivity index (χ4v) is 7.54. The van der Waals surface area contributed by atoms with E-state index in [1.807, 2.05) is 44.3 Å². The highest BCUT2D eigenvalue weighted by molar-refractivity contribution is 6.42. The maximum Gasteiger partial charge on any atom is 0.253 e. The largest absolute Gasteiger partial charge is 0.489 e. The minimum Gasteiger partial charge on any atom is -0.489 e. The molecule has 0 radical (unpaired) electrons. The number of aromatic nitrogens is 1. The molecule has 0 spiro atoms. The van der Waals surface area contributed by atoms with Gasteiger partial charge < -0.3 is 14.6 Å². The van der Waals surface area contributed by atoms with Gasteiger partial charge in [-0.3, -0.25) is 19.4 Å². The summed E-state index contributed by atoms with van der Waals surface area (Å²) in [5.41, 5.74) is 2.99. The van der Waals surface area contributed by atoms with Crippen molar-refractivity contribution in [2.24, 2.45) is 0 Å². The lowest BCUT2D eigenvalue weighted by Crippen LogP contribution is -2.54. The quantitative estimate of drug-likeness (QED) is 0.149. The number of hydrogen-bond acceptors (Lipinski definition) is 5. The van der Waals surface area contributed by atoms with E-state index in [9.17, 15) is 9.59 Å². The highest BCUT2D eigenvalue weighted by Crippen LogP contribution is 2.33. The molecular weight excluding hydrogens is 678 g/mol. The van der Waals surface area contributed by atoms with Gasteiger partial charge in [-0.05, 0) is 75.1 Å². The van der Waals surface area contributed by atoms with E-state index in [1.54, 1.807) is 30.3 Å². The molecule has 248 valence electrons. The molecule has 2 unspecified atom stereocenters. The second kappa shape index (κ2) is 14.8. The highest BCUT2D eigenvalue weighted by atomic mass is 35.5. The van der Waals surface area contributed by atoms with Crippen molar-refractivity contribution in [1.82, 2.24) is 19.7 Å². The van der Waals surface area contributed by atoms with Crippen molar-refractivity contribution in [1.29, 1.82) is 0 Å². The molecule has 2 saturated heterocycles. The van der Waals surface area contributed by atoms with Gasteiger partial charge in [-0.1, -0.05) is 64.6 Å². The number of benzene rings is 3. The zero-order valence-electron chi connectivity index (χ0n) is 26.4. The van der Waals surface area contributed by atoms with Gasteiger partial charge in [-0.15, -0.1) is 0 Å². The average Bonchev–Trinajstić information content (AvgIpc) is 3.52. The Kier molecular flexibility index (Phi) is 10.7. The monoisotopic (exact) mass is 714 g/mol. The minimum absolute atomic E-state index is 0.00800. The van der Waals surface area contributed by atoms with Crippen molar-refractivity contribution in [3.8, 4) is 5.75 Å². The second-order valence-electron chi connectivity index (χ2n) is 12.7. The van der Waals surface area contributed by atoms with Crippen LogP contribution in [-0.4, -0.2) is 70.4 Å². The van der Waals surface area contributed by atoms with E-state index in [-0.39, 0.29) is 17.8 Å². The number of likely N-dealkylation sites (tertiary alicyclic amines) is 1. The number of nitrogens with one attached hydrogen (secondary N) is 1. The summed E-state index contributed by atoms with van der Waals surface area (Å²) in [6.45, 7) is 8.13. The number of Topliss-reactive ketones (excluding diaryl/α,β-unsaturated/α-hetero) is 1. The number of aryl methyl sites for hydroxylation is 1. The average molecular weight is 717 g/mol. The maximum atomic E-state index is 13.5. The molecule has 2 aliphatic heterocycles. The Balaban J connectivity index is 1.12. The van der Waals surface area contributed by atoms with Crippen molar-refractivity contribution in [3.05, 3.63) is 97.6 Å². The van der Waals surface area contributed by atoms with E-state index in [2.05, 4.69) is 19.7 Å². The van der Waals surface area contributed by atoms with Gasteiger partial charge in [-0.25, -0.2) is 0 Å². The molecule has 3 aromatic carbocycles.